The second-order valence-corrected chi connectivity index (χ2v) is 9.67. The Kier molecular flexibility index (Phi) is 7.54. The topological polar surface area (TPSA) is 74.5 Å². The Bertz CT molecular complexity index is 1550. The highest BCUT2D eigenvalue weighted by Crippen LogP contribution is 2.37. The van der Waals surface area contributed by atoms with Gasteiger partial charge in [-0.25, -0.2) is 9.79 Å². The maximum Gasteiger partial charge on any atom is 0.439 e. The van der Waals surface area contributed by atoms with Gasteiger partial charge in [0.15, 0.2) is 5.82 Å². The maximum atomic E-state index is 15.6. The number of H-pyrrole nitrogens is 1. The van der Waals surface area contributed by atoms with Crippen molar-refractivity contribution < 1.29 is 13.3 Å². The zero-order valence-electron chi connectivity index (χ0n) is 22.0. The molecule has 1 aliphatic heterocycles. The molecule has 0 spiro atoms. The van der Waals surface area contributed by atoms with E-state index in [-0.39, 0.29) is 12.1 Å². The van der Waals surface area contributed by atoms with E-state index in [0.29, 0.717) is 18.1 Å². The number of aromatic amines is 1. The van der Waals surface area contributed by atoms with Crippen LogP contribution >= 0.6 is 0 Å². The van der Waals surface area contributed by atoms with E-state index < -0.39 is 11.8 Å². The van der Waals surface area contributed by atoms with Crippen molar-refractivity contribution in [1.82, 2.24) is 15.0 Å². The fourth-order valence-corrected chi connectivity index (χ4v) is 4.90. The molecular formula is C31H30F2N4O2. The Balaban J connectivity index is 1.43. The summed E-state index contributed by atoms with van der Waals surface area (Å²) in [6, 6.07) is 20.3. The predicted molar refractivity (Wildman–Crippen MR) is 148 cm³/mol. The average Bonchev–Trinajstić information content (AvgIpc) is 3.39. The molecule has 1 N–H and O–H groups in total. The maximum absolute atomic E-state index is 15.6. The minimum absolute atomic E-state index is 0.0487. The largest absolute Gasteiger partial charge is 0.439 e. The molecule has 3 aromatic carbocycles. The number of halogens is 2. The van der Waals surface area contributed by atoms with Crippen LogP contribution in [-0.2, 0) is 12.5 Å². The van der Waals surface area contributed by atoms with Crippen molar-refractivity contribution in [3.8, 4) is 22.5 Å². The van der Waals surface area contributed by atoms with E-state index in [4.69, 9.17) is 0 Å². The molecule has 1 aromatic heterocycles. The summed E-state index contributed by atoms with van der Waals surface area (Å²) in [5.74, 6) is 0.0800. The third kappa shape index (κ3) is 5.60. The summed E-state index contributed by atoms with van der Waals surface area (Å²) in [4.78, 5) is 19.9. The lowest BCUT2D eigenvalue weighted by molar-refractivity contribution is -0.115. The molecule has 0 aliphatic carbocycles. The normalized spacial score (nSPS) is 14.1. The van der Waals surface area contributed by atoms with Crippen molar-refractivity contribution in [3.63, 3.8) is 0 Å². The number of nitrogens with zero attached hydrogens (tertiary/aromatic N) is 3. The van der Waals surface area contributed by atoms with Crippen LogP contribution in [0.3, 0.4) is 0 Å². The molecule has 0 amide bonds. The van der Waals surface area contributed by atoms with Gasteiger partial charge in [0.25, 0.3) is 0 Å². The predicted octanol–water partition coefficient (Wildman–Crippen LogP) is 7.17. The Morgan fingerprint density at radius 3 is 2.33 bits per heavy atom. The molecular weight excluding hydrogens is 498 g/mol. The van der Waals surface area contributed by atoms with Crippen molar-refractivity contribution in [3.05, 3.63) is 112 Å². The van der Waals surface area contributed by atoms with E-state index in [0.717, 1.165) is 57.7 Å². The molecule has 8 heteroatoms. The molecule has 0 radical (unpaired) electrons. The molecule has 6 nitrogen and oxygen atoms in total. The molecule has 2 heterocycles. The number of rotatable bonds is 9. The first-order valence-corrected chi connectivity index (χ1v) is 13.1. The van der Waals surface area contributed by atoms with Crippen LogP contribution in [0, 0.1) is 0 Å². The smallest absolute Gasteiger partial charge is 0.296 e. The Labute approximate surface area is 225 Å². The standard InChI is InChI=1S/C31H30F2N4O2/c1-3-4-14-28-24(20-37(21(2)34-28)31(32,33)25-10-6-5-7-11-25)19-22-15-17-23(18-16-22)26-12-8-9-13-27(26)29-35-30(38)39-36-29/h5-13,15-18H,3-4,14,19-20H2,1-2H3,(H,35,36,38). The number of aromatic nitrogens is 2. The van der Waals surface area contributed by atoms with Crippen LogP contribution in [0.5, 0.6) is 0 Å². The number of aliphatic imine (C=N–C) groups is 1. The van der Waals surface area contributed by atoms with E-state index >= 15 is 8.78 Å². The highest BCUT2D eigenvalue weighted by atomic mass is 19.3. The SMILES string of the molecule is CCCCC1=C(Cc2ccc(-c3ccccc3-c3noc(=O)[nH]3)cc2)CN(C(F)(F)c2ccccc2)C(C)=N1. The first kappa shape index (κ1) is 26.3. The first-order chi connectivity index (χ1) is 18.9. The molecule has 0 saturated heterocycles. The second kappa shape index (κ2) is 11.2. The van der Waals surface area contributed by atoms with Crippen LogP contribution in [0.4, 0.5) is 8.78 Å². The van der Waals surface area contributed by atoms with Gasteiger partial charge in [-0.05, 0) is 48.4 Å². The zero-order valence-corrected chi connectivity index (χ0v) is 22.0. The van der Waals surface area contributed by atoms with E-state index in [1.807, 2.05) is 48.5 Å². The summed E-state index contributed by atoms with van der Waals surface area (Å²) < 4.78 is 35.9. The number of benzene rings is 3. The van der Waals surface area contributed by atoms with Gasteiger partial charge in [-0.1, -0.05) is 97.4 Å². The van der Waals surface area contributed by atoms with Gasteiger partial charge in [0, 0.05) is 23.4 Å². The quantitative estimate of drug-likeness (QED) is 0.234. The van der Waals surface area contributed by atoms with Gasteiger partial charge in [0.05, 0.1) is 0 Å². The molecule has 0 saturated carbocycles. The Hall–Kier alpha value is -4.33. The molecule has 0 unspecified atom stereocenters. The van der Waals surface area contributed by atoms with Crippen molar-refractivity contribution in [2.75, 3.05) is 6.54 Å². The lowest BCUT2D eigenvalue weighted by Gasteiger charge is -2.37. The Morgan fingerprint density at radius 1 is 0.974 bits per heavy atom. The highest BCUT2D eigenvalue weighted by Gasteiger charge is 2.41. The minimum Gasteiger partial charge on any atom is -0.296 e. The Morgan fingerprint density at radius 2 is 1.67 bits per heavy atom. The molecule has 5 rings (SSSR count). The fourth-order valence-electron chi connectivity index (χ4n) is 4.90. The van der Waals surface area contributed by atoms with Crippen LogP contribution in [0.15, 0.2) is 104 Å². The molecule has 39 heavy (non-hydrogen) atoms. The summed E-state index contributed by atoms with van der Waals surface area (Å²) >= 11 is 0. The third-order valence-corrected chi connectivity index (χ3v) is 6.98. The number of unbranched alkanes of at least 4 members (excludes halogenated alkanes) is 1. The van der Waals surface area contributed by atoms with Crippen LogP contribution in [0.25, 0.3) is 22.5 Å². The molecule has 200 valence electrons. The van der Waals surface area contributed by atoms with Crippen LogP contribution in [0.2, 0.25) is 0 Å². The lowest BCUT2D eigenvalue weighted by Crippen LogP contribution is -2.45. The highest BCUT2D eigenvalue weighted by molar-refractivity contribution is 5.83. The molecule has 0 fully saturated rings. The van der Waals surface area contributed by atoms with Crippen molar-refractivity contribution in [2.45, 2.75) is 45.6 Å². The van der Waals surface area contributed by atoms with E-state index in [2.05, 4.69) is 26.6 Å². The summed E-state index contributed by atoms with van der Waals surface area (Å²) in [7, 11) is 0. The van der Waals surface area contributed by atoms with E-state index in [1.165, 1.54) is 12.1 Å². The van der Waals surface area contributed by atoms with Crippen LogP contribution in [0.1, 0.15) is 44.2 Å². The first-order valence-electron chi connectivity index (χ1n) is 13.1. The fraction of sp³-hybridized carbons (Fsp3) is 0.258. The van der Waals surface area contributed by atoms with Gasteiger partial charge in [-0.3, -0.25) is 14.4 Å². The summed E-state index contributed by atoms with van der Waals surface area (Å²) in [6.45, 7) is 3.88. The molecule has 4 aromatic rings. The van der Waals surface area contributed by atoms with Crippen molar-refractivity contribution in [2.24, 2.45) is 4.99 Å². The number of allylic oxidation sites excluding steroid dienone is 1. The zero-order chi connectivity index (χ0) is 27.4. The van der Waals surface area contributed by atoms with Gasteiger partial charge in [0.1, 0.15) is 5.84 Å². The third-order valence-electron chi connectivity index (χ3n) is 6.98. The van der Waals surface area contributed by atoms with Crippen LogP contribution in [-0.4, -0.2) is 27.4 Å². The van der Waals surface area contributed by atoms with Gasteiger partial charge in [-0.15, -0.1) is 0 Å². The lowest BCUT2D eigenvalue weighted by atomic mass is 9.95. The molecule has 0 atom stereocenters. The molecule has 1 aliphatic rings. The van der Waals surface area contributed by atoms with Gasteiger partial charge < -0.3 is 0 Å². The van der Waals surface area contributed by atoms with E-state index in [1.54, 1.807) is 25.1 Å². The minimum atomic E-state index is -3.17. The monoisotopic (exact) mass is 528 g/mol. The number of amidine groups is 1. The average molecular weight is 529 g/mol. The van der Waals surface area contributed by atoms with Gasteiger partial charge >= 0.3 is 11.8 Å². The summed E-state index contributed by atoms with van der Waals surface area (Å²) in [5, 5.41) is 3.83. The number of hydrogen-bond donors (Lipinski definition) is 1. The van der Waals surface area contributed by atoms with Crippen LogP contribution < -0.4 is 5.76 Å². The summed E-state index contributed by atoms with van der Waals surface area (Å²) in [5.41, 5.74) is 5.34. The van der Waals surface area contributed by atoms with E-state index in [9.17, 15) is 4.79 Å². The van der Waals surface area contributed by atoms with Gasteiger partial charge in [0.2, 0.25) is 0 Å². The van der Waals surface area contributed by atoms with Crippen molar-refractivity contribution in [1.29, 1.82) is 0 Å². The summed E-state index contributed by atoms with van der Waals surface area (Å²) in [6.07, 6.45) is 3.23. The number of nitrogens with one attached hydrogen (secondary N) is 1. The van der Waals surface area contributed by atoms with Gasteiger partial charge in [-0.2, -0.15) is 8.78 Å². The number of hydrogen-bond acceptors (Lipinski definition) is 5. The molecule has 0 bridgehead atoms. The van der Waals surface area contributed by atoms with Crippen molar-refractivity contribution >= 4 is 5.84 Å². The number of alkyl halides is 2. The second-order valence-electron chi connectivity index (χ2n) is 9.67.